The van der Waals surface area contributed by atoms with Crippen molar-refractivity contribution in [1.82, 2.24) is 14.8 Å². The number of carbonyl (C=O) groups excluding carboxylic acids is 1. The molecule has 29 heavy (non-hydrogen) atoms. The highest BCUT2D eigenvalue weighted by Crippen LogP contribution is 2.28. The molecule has 7 heteroatoms. The van der Waals surface area contributed by atoms with Gasteiger partial charge in [0, 0.05) is 22.3 Å². The van der Waals surface area contributed by atoms with E-state index >= 15 is 0 Å². The number of fused-ring (bicyclic) bond motifs is 1. The van der Waals surface area contributed by atoms with Crippen LogP contribution in [0.1, 0.15) is 21.6 Å². The van der Waals surface area contributed by atoms with Crippen molar-refractivity contribution in [2.24, 2.45) is 0 Å². The van der Waals surface area contributed by atoms with Gasteiger partial charge < -0.3 is 10.1 Å². The van der Waals surface area contributed by atoms with E-state index in [0.29, 0.717) is 16.9 Å². The highest BCUT2D eigenvalue weighted by atomic mass is 79.9. The highest BCUT2D eigenvalue weighted by Gasteiger charge is 2.13. The van der Waals surface area contributed by atoms with E-state index in [-0.39, 0.29) is 12.6 Å². The molecular formula is C22H19BrN4O2. The molecule has 1 N–H and O–H groups in total. The maximum Gasteiger partial charge on any atom is 0.276 e. The Morgan fingerprint density at radius 1 is 1.17 bits per heavy atom. The van der Waals surface area contributed by atoms with Gasteiger partial charge in [-0.25, -0.2) is 4.68 Å². The Hall–Kier alpha value is -3.19. The summed E-state index contributed by atoms with van der Waals surface area (Å²) >= 11 is 3.51. The average Bonchev–Trinajstić information content (AvgIpc) is 3.20. The molecule has 0 bridgehead atoms. The second-order valence-corrected chi connectivity index (χ2v) is 7.59. The predicted octanol–water partition coefficient (Wildman–Crippen LogP) is 5.10. The number of nitrogens with zero attached hydrogens (tertiary/aromatic N) is 3. The number of amides is 1. The zero-order valence-electron chi connectivity index (χ0n) is 16.0. The van der Waals surface area contributed by atoms with Crippen molar-refractivity contribution in [1.29, 1.82) is 0 Å². The van der Waals surface area contributed by atoms with Gasteiger partial charge in [-0.2, -0.15) is 5.10 Å². The molecular weight excluding hydrogens is 432 g/mol. The summed E-state index contributed by atoms with van der Waals surface area (Å²) in [5, 5.41) is 8.14. The summed E-state index contributed by atoms with van der Waals surface area (Å²) in [7, 11) is 0. The van der Waals surface area contributed by atoms with E-state index in [1.807, 2.05) is 56.3 Å². The maximum atomic E-state index is 12.7. The zero-order chi connectivity index (χ0) is 20.4. The van der Waals surface area contributed by atoms with Crippen molar-refractivity contribution in [3.05, 3.63) is 82.2 Å². The van der Waals surface area contributed by atoms with Crippen molar-refractivity contribution in [2.45, 2.75) is 20.6 Å². The number of halogens is 1. The van der Waals surface area contributed by atoms with Crippen LogP contribution >= 0.6 is 15.9 Å². The molecule has 0 radical (unpaired) electrons. The molecule has 1 amide bonds. The number of pyridine rings is 1. The minimum Gasteiger partial charge on any atom is -0.471 e. The molecule has 2 heterocycles. The SMILES string of the molecule is Cc1ccc(C)c(OCn2ccc(C(=O)Nc3ccc(Br)c4cccnc34)n2)c1. The molecule has 0 saturated heterocycles. The number of hydrogen-bond acceptors (Lipinski definition) is 4. The summed E-state index contributed by atoms with van der Waals surface area (Å²) in [6.45, 7) is 4.23. The van der Waals surface area contributed by atoms with Gasteiger partial charge in [-0.3, -0.25) is 9.78 Å². The Bertz CT molecular complexity index is 1200. The summed E-state index contributed by atoms with van der Waals surface area (Å²) in [5.41, 5.74) is 3.83. The maximum absolute atomic E-state index is 12.7. The van der Waals surface area contributed by atoms with Gasteiger partial charge >= 0.3 is 0 Å². The quantitative estimate of drug-likeness (QED) is 0.459. The van der Waals surface area contributed by atoms with Crippen LogP contribution in [0.25, 0.3) is 10.9 Å². The van der Waals surface area contributed by atoms with Crippen LogP contribution in [0.5, 0.6) is 5.75 Å². The third kappa shape index (κ3) is 4.14. The second kappa shape index (κ2) is 8.05. The average molecular weight is 451 g/mol. The fourth-order valence-corrected chi connectivity index (χ4v) is 3.43. The van der Waals surface area contributed by atoms with Crippen LogP contribution in [-0.4, -0.2) is 20.7 Å². The Morgan fingerprint density at radius 2 is 2.03 bits per heavy atom. The van der Waals surface area contributed by atoms with E-state index in [2.05, 4.69) is 31.3 Å². The van der Waals surface area contributed by atoms with Gasteiger partial charge in [0.05, 0.1) is 11.2 Å². The fraction of sp³-hybridized carbons (Fsp3) is 0.136. The summed E-state index contributed by atoms with van der Waals surface area (Å²) in [4.78, 5) is 17.0. The Morgan fingerprint density at radius 3 is 2.90 bits per heavy atom. The molecule has 4 rings (SSSR count). The molecule has 0 unspecified atom stereocenters. The van der Waals surface area contributed by atoms with E-state index in [4.69, 9.17) is 4.74 Å². The van der Waals surface area contributed by atoms with Gasteiger partial charge in [-0.05, 0) is 55.3 Å². The second-order valence-electron chi connectivity index (χ2n) is 6.73. The van der Waals surface area contributed by atoms with E-state index in [1.165, 1.54) is 0 Å². The first-order valence-electron chi connectivity index (χ1n) is 9.09. The molecule has 0 aliphatic heterocycles. The van der Waals surface area contributed by atoms with Crippen LogP contribution in [0.15, 0.2) is 65.4 Å². The molecule has 0 aliphatic rings. The van der Waals surface area contributed by atoms with Crippen molar-refractivity contribution in [3.63, 3.8) is 0 Å². The Labute approximate surface area is 176 Å². The molecule has 4 aromatic rings. The highest BCUT2D eigenvalue weighted by molar-refractivity contribution is 9.10. The molecule has 146 valence electrons. The number of benzene rings is 2. The molecule has 0 aliphatic carbocycles. The number of aryl methyl sites for hydroxylation is 2. The van der Waals surface area contributed by atoms with Gasteiger partial charge in [0.25, 0.3) is 5.91 Å². The first-order chi connectivity index (χ1) is 14.0. The summed E-state index contributed by atoms with van der Waals surface area (Å²) < 4.78 is 8.35. The van der Waals surface area contributed by atoms with E-state index < -0.39 is 0 Å². The van der Waals surface area contributed by atoms with Crippen molar-refractivity contribution >= 4 is 38.4 Å². The molecule has 6 nitrogen and oxygen atoms in total. The van der Waals surface area contributed by atoms with E-state index in [0.717, 1.165) is 26.7 Å². The number of ether oxygens (including phenoxy) is 1. The lowest BCUT2D eigenvalue weighted by molar-refractivity contribution is 0.102. The van der Waals surface area contributed by atoms with Gasteiger partial charge in [0.1, 0.15) is 5.75 Å². The van der Waals surface area contributed by atoms with E-state index in [9.17, 15) is 4.79 Å². The van der Waals surface area contributed by atoms with Crippen molar-refractivity contribution < 1.29 is 9.53 Å². The largest absolute Gasteiger partial charge is 0.471 e. The van der Waals surface area contributed by atoms with Crippen LogP contribution in [0.4, 0.5) is 5.69 Å². The molecule has 0 saturated carbocycles. The summed E-state index contributed by atoms with van der Waals surface area (Å²) in [5.74, 6) is 0.503. The standard InChI is InChI=1S/C22H19BrN4O2/c1-14-5-6-15(2)20(12-14)29-13-27-11-9-19(26-27)22(28)25-18-8-7-17(23)16-4-3-10-24-21(16)18/h3-12H,13H2,1-2H3,(H,25,28). The molecule has 0 fully saturated rings. The number of nitrogens with one attached hydrogen (secondary N) is 1. The van der Waals surface area contributed by atoms with Crippen LogP contribution in [-0.2, 0) is 6.73 Å². The summed E-state index contributed by atoms with van der Waals surface area (Å²) in [6, 6.07) is 15.2. The van der Waals surface area contributed by atoms with Crippen LogP contribution in [0, 0.1) is 13.8 Å². The number of carbonyl (C=O) groups is 1. The smallest absolute Gasteiger partial charge is 0.276 e. The lowest BCUT2D eigenvalue weighted by atomic mass is 10.1. The number of rotatable bonds is 5. The predicted molar refractivity (Wildman–Crippen MR) is 116 cm³/mol. The fourth-order valence-electron chi connectivity index (χ4n) is 2.98. The monoisotopic (exact) mass is 450 g/mol. The number of aromatic nitrogens is 3. The normalized spacial score (nSPS) is 10.9. The first kappa shape index (κ1) is 19.1. The summed E-state index contributed by atoms with van der Waals surface area (Å²) in [6.07, 6.45) is 3.42. The van der Waals surface area contributed by atoms with E-state index in [1.54, 1.807) is 23.1 Å². The first-order valence-corrected chi connectivity index (χ1v) is 9.88. The van der Waals surface area contributed by atoms with Crippen LogP contribution in [0.2, 0.25) is 0 Å². The Kier molecular flexibility index (Phi) is 5.31. The van der Waals surface area contributed by atoms with Gasteiger partial charge in [0.2, 0.25) is 0 Å². The minimum atomic E-state index is -0.301. The van der Waals surface area contributed by atoms with Gasteiger partial charge in [-0.15, -0.1) is 0 Å². The minimum absolute atomic E-state index is 0.223. The van der Waals surface area contributed by atoms with Gasteiger partial charge in [-0.1, -0.05) is 34.1 Å². The lowest BCUT2D eigenvalue weighted by Gasteiger charge is -2.10. The zero-order valence-corrected chi connectivity index (χ0v) is 17.6. The topological polar surface area (TPSA) is 69.0 Å². The lowest BCUT2D eigenvalue weighted by Crippen LogP contribution is -2.14. The molecule has 0 spiro atoms. The third-order valence-corrected chi connectivity index (χ3v) is 5.23. The van der Waals surface area contributed by atoms with Crippen LogP contribution < -0.4 is 10.1 Å². The number of anilines is 1. The Balaban J connectivity index is 1.48. The van der Waals surface area contributed by atoms with Crippen molar-refractivity contribution in [2.75, 3.05) is 5.32 Å². The van der Waals surface area contributed by atoms with Crippen molar-refractivity contribution in [3.8, 4) is 5.75 Å². The van der Waals surface area contributed by atoms with Crippen LogP contribution in [0.3, 0.4) is 0 Å². The third-order valence-electron chi connectivity index (χ3n) is 4.53. The molecule has 2 aromatic carbocycles. The molecule has 0 atom stereocenters. The van der Waals surface area contributed by atoms with Gasteiger partial charge in [0.15, 0.2) is 12.4 Å². The molecule has 2 aromatic heterocycles. The number of hydrogen-bond donors (Lipinski definition) is 1.